The summed E-state index contributed by atoms with van der Waals surface area (Å²) in [4.78, 5) is 0. The zero-order valence-electron chi connectivity index (χ0n) is 47.9. The fraction of sp³-hybridized carbons (Fsp3) is 0.446. The third-order valence-corrected chi connectivity index (χ3v) is 15.9. The molecule has 0 amide bonds. The first-order valence-electron chi connectivity index (χ1n) is 27.5. The molecule has 0 heterocycles. The first kappa shape index (κ1) is 62.4. The van der Waals surface area contributed by atoms with E-state index in [-0.39, 0.29) is 83.0 Å². The average Bonchev–Trinajstić information content (AvgIpc) is 3.44. The zero-order chi connectivity index (χ0) is 56.8. The second kappa shape index (κ2) is 27.9. The predicted octanol–water partition coefficient (Wildman–Crippen LogP) is 9.16. The second-order valence-corrected chi connectivity index (χ2v) is 23.7. The minimum Gasteiger partial charge on any atom is -0.497 e. The fourth-order valence-electron chi connectivity index (χ4n) is 10.6. The molecule has 2 unspecified atom stereocenters. The Morgan fingerprint density at radius 3 is 0.948 bits per heavy atom. The Bertz CT molecular complexity index is 2430. The molecular formula is C65H96N10O2. The summed E-state index contributed by atoms with van der Waals surface area (Å²) in [6.07, 6.45) is 4.80. The van der Waals surface area contributed by atoms with Gasteiger partial charge in [-0.3, -0.25) is 0 Å². The molecule has 0 radical (unpaired) electrons. The van der Waals surface area contributed by atoms with Gasteiger partial charge < -0.3 is 66.8 Å². The number of rotatable bonds is 10. The number of hydrogen-bond acceptors (Lipinski definition) is 12. The monoisotopic (exact) mass is 1050 g/mol. The Labute approximate surface area is 462 Å². The maximum absolute atomic E-state index is 6.86. The highest BCUT2D eigenvalue weighted by molar-refractivity contribution is 5.58. The molecule has 2 bridgehead atoms. The summed E-state index contributed by atoms with van der Waals surface area (Å²) < 4.78 is 10.5. The van der Waals surface area contributed by atoms with Gasteiger partial charge in [0, 0.05) is 66.2 Å². The van der Waals surface area contributed by atoms with Crippen molar-refractivity contribution in [1.29, 1.82) is 0 Å². The highest BCUT2D eigenvalue weighted by atomic mass is 16.5. The van der Waals surface area contributed by atoms with Gasteiger partial charge in [-0.1, -0.05) is 202 Å². The Hall–Kier alpha value is -5.48. The molecule has 4 aliphatic rings. The van der Waals surface area contributed by atoms with Gasteiger partial charge in [0.25, 0.3) is 0 Å². The molecule has 10 rings (SSSR count). The van der Waals surface area contributed by atoms with Gasteiger partial charge in [0.15, 0.2) is 0 Å². The van der Waals surface area contributed by atoms with Crippen LogP contribution in [0.5, 0.6) is 11.5 Å². The lowest BCUT2D eigenvalue weighted by Crippen LogP contribution is -2.56. The number of nitrogens with two attached hydrogens (primary N) is 10. The second-order valence-electron chi connectivity index (χ2n) is 23.7. The van der Waals surface area contributed by atoms with E-state index in [1.54, 1.807) is 14.2 Å². The maximum Gasteiger partial charge on any atom is 0.118 e. The molecule has 20 N–H and O–H groups in total. The Morgan fingerprint density at radius 2 is 0.701 bits per heavy atom. The van der Waals surface area contributed by atoms with Gasteiger partial charge in [-0.25, -0.2) is 0 Å². The molecule has 4 aliphatic carbocycles. The molecule has 6 aromatic rings. The fourth-order valence-corrected chi connectivity index (χ4v) is 10.6. The van der Waals surface area contributed by atoms with E-state index in [9.17, 15) is 0 Å². The van der Waals surface area contributed by atoms with Gasteiger partial charge in [-0.05, 0) is 98.4 Å². The molecular weight excluding hydrogens is 953 g/mol. The van der Waals surface area contributed by atoms with Crippen molar-refractivity contribution in [3.05, 3.63) is 202 Å². The van der Waals surface area contributed by atoms with Crippen LogP contribution in [0.3, 0.4) is 0 Å². The molecule has 12 heteroatoms. The van der Waals surface area contributed by atoms with Crippen LogP contribution >= 0.6 is 0 Å². The van der Waals surface area contributed by atoms with E-state index in [1.165, 1.54) is 35.1 Å². The molecule has 0 aliphatic heterocycles. The zero-order valence-corrected chi connectivity index (χ0v) is 47.9. The van der Waals surface area contributed by atoms with Crippen molar-refractivity contribution in [2.75, 3.05) is 14.2 Å². The molecule has 418 valence electrons. The summed E-state index contributed by atoms with van der Waals surface area (Å²) in [5.41, 5.74) is 70.8. The molecule has 1 fully saturated rings. The van der Waals surface area contributed by atoms with Crippen LogP contribution in [-0.2, 0) is 5.54 Å². The van der Waals surface area contributed by atoms with Crippen molar-refractivity contribution in [3.63, 3.8) is 0 Å². The number of methoxy groups -OCH3 is 2. The van der Waals surface area contributed by atoms with Crippen molar-refractivity contribution in [1.82, 2.24) is 0 Å². The quantitative estimate of drug-likeness (QED) is 0.0615. The molecule has 9 atom stereocenters. The molecule has 12 nitrogen and oxygen atoms in total. The smallest absolute Gasteiger partial charge is 0.118 e. The van der Waals surface area contributed by atoms with Gasteiger partial charge in [0.1, 0.15) is 11.5 Å². The topological polar surface area (TPSA) is 279 Å². The third-order valence-electron chi connectivity index (χ3n) is 15.9. The Kier molecular flexibility index (Phi) is 22.6. The van der Waals surface area contributed by atoms with Crippen molar-refractivity contribution in [3.8, 4) is 11.5 Å². The predicted molar refractivity (Wildman–Crippen MR) is 322 cm³/mol. The normalized spacial score (nSPS) is 21.4. The summed E-state index contributed by atoms with van der Waals surface area (Å²) in [6, 6.07) is 52.8. The Balaban J connectivity index is 0.000000184. The van der Waals surface area contributed by atoms with Gasteiger partial charge in [0.05, 0.1) is 19.8 Å². The summed E-state index contributed by atoms with van der Waals surface area (Å²) in [5, 5.41) is 0. The minimum atomic E-state index is -0.785. The molecule has 0 saturated heterocycles. The van der Waals surface area contributed by atoms with Crippen LogP contribution in [0.25, 0.3) is 0 Å². The van der Waals surface area contributed by atoms with E-state index < -0.39 is 5.54 Å². The largest absolute Gasteiger partial charge is 0.497 e. The SMILES string of the molecule is CC(C)(C)[C@@H](N)[C@H](N)C(C)(C)C.COc1ccc(C(N)(c2ccc(OC)cc2)[C@H](N)C(C)C)cc1.NC1C2c3ccccc3C(c3ccccc32)C1N.N[C@@H]1CCCC[C@H]1N.N[C@H](c1ccccc1)[C@H](N)c1ccccc1. The standard InChI is InChI=1S/C19H26N2O2.C16H16N2.C14H16N2.C10H24N2.C6H14N2/c1-13(2)18(20)19(21,14-5-9-16(22-3)10-6-14)15-7-11-17(23-4)12-8-15;17-15-13-9-5-1-2-6-10(9)14(16(15)18)12-8-4-3-7-11(12)13;15-13(11-7-3-1-4-8-11)14(16)12-9-5-2-6-10-12;1-9(2,3)7(11)8(12)10(4,5)6;7-5-3-1-2-4-6(5)8/h5-13,18H,20-21H2,1-4H3;1-8,13-16H,17-18H2;1-10,13-14H,15-16H2;7-8H,11-12H2,1-6H3;5-6H,1-4,7-8H2/t18-;;13-,14-;7-,8-;5-,6-/m1.101/s1. The summed E-state index contributed by atoms with van der Waals surface area (Å²) >= 11 is 0. The van der Waals surface area contributed by atoms with E-state index in [4.69, 9.17) is 66.8 Å². The summed E-state index contributed by atoms with van der Waals surface area (Å²) in [5.74, 6) is 2.34. The molecule has 1 saturated carbocycles. The number of fused-ring (bicyclic) bond motifs is 1. The van der Waals surface area contributed by atoms with E-state index in [0.29, 0.717) is 0 Å². The summed E-state index contributed by atoms with van der Waals surface area (Å²) in [6.45, 7) is 16.9. The number of benzene rings is 6. The summed E-state index contributed by atoms with van der Waals surface area (Å²) in [7, 11) is 3.29. The van der Waals surface area contributed by atoms with E-state index in [2.05, 4.69) is 104 Å². The van der Waals surface area contributed by atoms with Crippen molar-refractivity contribution < 1.29 is 9.47 Å². The van der Waals surface area contributed by atoms with Crippen molar-refractivity contribution in [2.24, 2.45) is 74.1 Å². The van der Waals surface area contributed by atoms with E-state index in [0.717, 1.165) is 46.6 Å². The maximum atomic E-state index is 6.86. The van der Waals surface area contributed by atoms with Gasteiger partial charge in [0.2, 0.25) is 0 Å². The van der Waals surface area contributed by atoms with Crippen molar-refractivity contribution >= 4 is 0 Å². The van der Waals surface area contributed by atoms with Gasteiger partial charge in [-0.2, -0.15) is 0 Å². The first-order valence-corrected chi connectivity index (χ1v) is 27.5. The lowest BCUT2D eigenvalue weighted by atomic mass is 9.60. The van der Waals surface area contributed by atoms with Gasteiger partial charge in [-0.15, -0.1) is 0 Å². The molecule has 77 heavy (non-hydrogen) atoms. The van der Waals surface area contributed by atoms with Crippen LogP contribution in [0.2, 0.25) is 0 Å². The Morgan fingerprint density at radius 1 is 0.416 bits per heavy atom. The molecule has 0 aromatic heterocycles. The van der Waals surface area contributed by atoms with Crippen LogP contribution < -0.4 is 66.8 Å². The van der Waals surface area contributed by atoms with Crippen LogP contribution in [0, 0.1) is 16.7 Å². The molecule has 0 spiro atoms. The van der Waals surface area contributed by atoms with Crippen LogP contribution in [0.1, 0.15) is 150 Å². The molecule has 6 aromatic carbocycles. The number of ether oxygens (including phenoxy) is 2. The van der Waals surface area contributed by atoms with Crippen LogP contribution in [0.15, 0.2) is 158 Å². The van der Waals surface area contributed by atoms with Crippen LogP contribution in [0.4, 0.5) is 0 Å². The first-order chi connectivity index (χ1) is 36.4. The number of hydrogen-bond donors (Lipinski definition) is 10. The average molecular weight is 1050 g/mol. The highest BCUT2D eigenvalue weighted by Crippen LogP contribution is 2.51. The third kappa shape index (κ3) is 15.6. The lowest BCUT2D eigenvalue weighted by molar-refractivity contribution is 0.192. The van der Waals surface area contributed by atoms with E-state index in [1.807, 2.05) is 109 Å². The van der Waals surface area contributed by atoms with E-state index >= 15 is 0 Å². The highest BCUT2D eigenvalue weighted by Gasteiger charge is 2.46. The van der Waals surface area contributed by atoms with Crippen LogP contribution in [-0.4, -0.2) is 56.5 Å². The minimum absolute atomic E-state index is 0.0276. The lowest BCUT2D eigenvalue weighted by Gasteiger charge is -2.48. The van der Waals surface area contributed by atoms with Gasteiger partial charge >= 0.3 is 0 Å². The van der Waals surface area contributed by atoms with Crippen molar-refractivity contribution in [2.45, 2.75) is 153 Å².